The molecule has 4 heteroatoms. The smallest absolute Gasteiger partial charge is 0.189 e. The van der Waals surface area contributed by atoms with Crippen molar-refractivity contribution >= 4 is 55.2 Å². The fourth-order valence-electron chi connectivity index (χ4n) is 6.65. The van der Waals surface area contributed by atoms with E-state index < -0.39 is 0 Å². The van der Waals surface area contributed by atoms with Crippen LogP contribution in [0.25, 0.3) is 71.6 Å². The maximum atomic E-state index is 13.1. The highest BCUT2D eigenvalue weighted by molar-refractivity contribution is 6.11. The SMILES string of the molecule is Cn1c2ccccc2c2cc(-c3ccc(C(=O)C=C(O)c4ccc(-c5ccc6c(c5)c5ccccc5n6C)cc4)cc3)ccc21. The molecule has 0 saturated heterocycles. The number of para-hydroxylation sites is 2. The summed E-state index contributed by atoms with van der Waals surface area (Å²) < 4.78 is 4.43. The second kappa shape index (κ2) is 10.4. The summed E-state index contributed by atoms with van der Waals surface area (Å²) in [4.78, 5) is 13.1. The molecule has 0 unspecified atom stereocenters. The number of aliphatic hydroxyl groups excluding tert-OH is 1. The van der Waals surface area contributed by atoms with Crippen LogP contribution >= 0.6 is 0 Å². The predicted molar refractivity (Wildman–Crippen MR) is 187 cm³/mol. The average Bonchev–Trinajstić information content (AvgIpc) is 3.54. The van der Waals surface area contributed by atoms with E-state index in [2.05, 4.69) is 108 Å². The van der Waals surface area contributed by atoms with Gasteiger partial charge in [-0.25, -0.2) is 0 Å². The summed E-state index contributed by atoms with van der Waals surface area (Å²) in [5.74, 6) is -0.296. The Morgan fingerprint density at radius 2 is 0.889 bits per heavy atom. The van der Waals surface area contributed by atoms with E-state index in [1.165, 1.54) is 49.7 Å². The number of nitrogens with zero attached hydrogens (tertiary/aromatic N) is 2. The fraction of sp³-hybridized carbons (Fsp3) is 0.0488. The van der Waals surface area contributed by atoms with Crippen LogP contribution in [0.5, 0.6) is 0 Å². The second-order valence-corrected chi connectivity index (χ2v) is 11.7. The molecule has 0 aliphatic heterocycles. The Hall–Kier alpha value is -5.87. The van der Waals surface area contributed by atoms with Crippen molar-refractivity contribution in [2.24, 2.45) is 14.1 Å². The molecule has 45 heavy (non-hydrogen) atoms. The summed E-state index contributed by atoms with van der Waals surface area (Å²) in [5.41, 5.74) is 10.2. The molecular weight excluding hydrogens is 552 g/mol. The van der Waals surface area contributed by atoms with E-state index in [0.29, 0.717) is 11.1 Å². The minimum atomic E-state index is -0.242. The number of aromatic nitrogens is 2. The van der Waals surface area contributed by atoms with Crippen LogP contribution in [-0.2, 0) is 14.1 Å². The number of hydrogen-bond acceptors (Lipinski definition) is 2. The molecule has 216 valence electrons. The molecule has 0 atom stereocenters. The molecule has 0 amide bonds. The minimum absolute atomic E-state index is 0.0541. The fourth-order valence-corrected chi connectivity index (χ4v) is 6.65. The average molecular weight is 583 g/mol. The van der Waals surface area contributed by atoms with Crippen molar-refractivity contribution in [3.63, 3.8) is 0 Å². The first-order valence-corrected chi connectivity index (χ1v) is 15.1. The van der Waals surface area contributed by atoms with Crippen LogP contribution < -0.4 is 0 Å². The molecule has 0 radical (unpaired) electrons. The Balaban J connectivity index is 1.03. The van der Waals surface area contributed by atoms with Gasteiger partial charge in [-0.3, -0.25) is 4.79 Å². The molecule has 8 aromatic rings. The number of ketones is 1. The maximum Gasteiger partial charge on any atom is 0.189 e. The Morgan fingerprint density at radius 3 is 1.38 bits per heavy atom. The lowest BCUT2D eigenvalue weighted by Crippen LogP contribution is -1.96. The summed E-state index contributed by atoms with van der Waals surface area (Å²) in [6, 6.07) is 45.1. The lowest BCUT2D eigenvalue weighted by molar-refractivity contribution is 0.104. The number of carbonyl (C=O) groups is 1. The van der Waals surface area contributed by atoms with Gasteiger partial charge in [0.15, 0.2) is 5.78 Å². The van der Waals surface area contributed by atoms with Crippen LogP contribution in [0.2, 0.25) is 0 Å². The molecule has 0 spiro atoms. The molecular formula is C41H30N2O2. The van der Waals surface area contributed by atoms with E-state index in [9.17, 15) is 9.90 Å². The first-order chi connectivity index (χ1) is 22.0. The zero-order valence-corrected chi connectivity index (χ0v) is 25.0. The summed E-state index contributed by atoms with van der Waals surface area (Å²) >= 11 is 0. The zero-order valence-electron chi connectivity index (χ0n) is 25.0. The van der Waals surface area contributed by atoms with Gasteiger partial charge in [0.2, 0.25) is 0 Å². The molecule has 2 aromatic heterocycles. The minimum Gasteiger partial charge on any atom is -0.507 e. The van der Waals surface area contributed by atoms with Crippen molar-refractivity contribution < 1.29 is 9.90 Å². The summed E-state index contributed by atoms with van der Waals surface area (Å²) in [7, 11) is 4.19. The normalized spacial score (nSPS) is 12.1. The van der Waals surface area contributed by atoms with Gasteiger partial charge >= 0.3 is 0 Å². The van der Waals surface area contributed by atoms with Crippen LogP contribution in [0.15, 0.2) is 140 Å². The molecule has 4 nitrogen and oxygen atoms in total. The zero-order chi connectivity index (χ0) is 30.7. The quantitative estimate of drug-likeness (QED) is 0.125. The maximum absolute atomic E-state index is 13.1. The standard InChI is InChI=1S/C41H30N2O2/c1-42-36-9-5-3-7-32(36)34-23-30(19-21-38(34)42)26-11-15-28(16-12-26)40(44)25-41(45)29-17-13-27(14-18-29)31-20-22-39-35(24-31)33-8-4-6-10-37(33)43(39)2/h3-25,44H,1-2H3. The molecule has 1 N–H and O–H groups in total. The van der Waals surface area contributed by atoms with E-state index in [0.717, 1.165) is 22.3 Å². The Bertz CT molecular complexity index is 2460. The van der Waals surface area contributed by atoms with Gasteiger partial charge in [-0.05, 0) is 58.7 Å². The number of aryl methyl sites for hydroxylation is 2. The van der Waals surface area contributed by atoms with Gasteiger partial charge in [-0.15, -0.1) is 0 Å². The van der Waals surface area contributed by atoms with Gasteiger partial charge in [0.25, 0.3) is 0 Å². The first-order valence-electron chi connectivity index (χ1n) is 15.1. The molecule has 0 fully saturated rings. The van der Waals surface area contributed by atoms with Gasteiger partial charge in [-0.1, -0.05) is 97.1 Å². The molecule has 0 saturated carbocycles. The van der Waals surface area contributed by atoms with Crippen LogP contribution in [0.1, 0.15) is 15.9 Å². The number of rotatable bonds is 5. The third-order valence-electron chi connectivity index (χ3n) is 9.11. The third kappa shape index (κ3) is 4.42. The van der Waals surface area contributed by atoms with E-state index in [1.807, 2.05) is 48.5 Å². The van der Waals surface area contributed by atoms with Gasteiger partial charge < -0.3 is 14.2 Å². The Morgan fingerprint density at radius 1 is 0.489 bits per heavy atom. The van der Waals surface area contributed by atoms with Gasteiger partial charge in [-0.2, -0.15) is 0 Å². The van der Waals surface area contributed by atoms with E-state index in [4.69, 9.17) is 0 Å². The number of aliphatic hydroxyl groups is 1. The van der Waals surface area contributed by atoms with Crippen molar-refractivity contribution in [1.29, 1.82) is 0 Å². The molecule has 0 bridgehead atoms. The highest BCUT2D eigenvalue weighted by Gasteiger charge is 2.12. The van der Waals surface area contributed by atoms with Crippen molar-refractivity contribution in [2.45, 2.75) is 0 Å². The highest BCUT2D eigenvalue weighted by atomic mass is 16.3. The largest absolute Gasteiger partial charge is 0.507 e. The van der Waals surface area contributed by atoms with Gasteiger partial charge in [0, 0.05) is 74.9 Å². The number of hydrogen-bond donors (Lipinski definition) is 1. The van der Waals surface area contributed by atoms with Crippen LogP contribution in [0.4, 0.5) is 0 Å². The van der Waals surface area contributed by atoms with Crippen molar-refractivity contribution in [2.75, 3.05) is 0 Å². The van der Waals surface area contributed by atoms with Gasteiger partial charge in [0.05, 0.1) is 0 Å². The predicted octanol–water partition coefficient (Wildman–Crippen LogP) is 10.1. The second-order valence-electron chi connectivity index (χ2n) is 11.7. The molecule has 2 heterocycles. The number of allylic oxidation sites excluding steroid dienone is 1. The van der Waals surface area contributed by atoms with Crippen LogP contribution in [0, 0.1) is 0 Å². The van der Waals surface area contributed by atoms with Crippen molar-refractivity contribution in [3.05, 3.63) is 151 Å². The number of carbonyl (C=O) groups excluding carboxylic acids is 1. The summed E-state index contributed by atoms with van der Waals surface area (Å²) in [5, 5.41) is 15.7. The van der Waals surface area contributed by atoms with Gasteiger partial charge in [0.1, 0.15) is 5.76 Å². The van der Waals surface area contributed by atoms with E-state index in [-0.39, 0.29) is 11.5 Å². The van der Waals surface area contributed by atoms with E-state index in [1.54, 1.807) is 0 Å². The molecule has 0 aliphatic carbocycles. The lowest BCUT2D eigenvalue weighted by atomic mass is 9.99. The van der Waals surface area contributed by atoms with Crippen LogP contribution in [-0.4, -0.2) is 20.0 Å². The number of fused-ring (bicyclic) bond motifs is 6. The Labute approximate surface area is 260 Å². The highest BCUT2D eigenvalue weighted by Crippen LogP contribution is 2.34. The molecule has 8 rings (SSSR count). The van der Waals surface area contributed by atoms with E-state index >= 15 is 0 Å². The molecule has 6 aromatic carbocycles. The van der Waals surface area contributed by atoms with Crippen molar-refractivity contribution in [1.82, 2.24) is 9.13 Å². The molecule has 0 aliphatic rings. The van der Waals surface area contributed by atoms with Crippen molar-refractivity contribution in [3.8, 4) is 22.3 Å². The topological polar surface area (TPSA) is 47.2 Å². The summed E-state index contributed by atoms with van der Waals surface area (Å²) in [6.07, 6.45) is 1.30. The summed E-state index contributed by atoms with van der Waals surface area (Å²) in [6.45, 7) is 0. The monoisotopic (exact) mass is 582 g/mol. The first kappa shape index (κ1) is 26.7. The number of benzene rings is 6. The Kier molecular flexibility index (Phi) is 6.17. The van der Waals surface area contributed by atoms with Crippen LogP contribution in [0.3, 0.4) is 0 Å². The lowest BCUT2D eigenvalue weighted by Gasteiger charge is -2.06. The third-order valence-corrected chi connectivity index (χ3v) is 9.11.